The van der Waals surface area contributed by atoms with Crippen LogP contribution in [0.5, 0.6) is 0 Å². The van der Waals surface area contributed by atoms with E-state index in [0.717, 1.165) is 83.3 Å². The van der Waals surface area contributed by atoms with Gasteiger partial charge in [-0.2, -0.15) is 41.3 Å². The first-order valence-electron chi connectivity index (χ1n) is 31.8. The van der Waals surface area contributed by atoms with Crippen molar-refractivity contribution < 1.29 is 28.7 Å². The van der Waals surface area contributed by atoms with Gasteiger partial charge in [-0.05, 0) is 121 Å². The molecule has 0 saturated carbocycles. The first-order chi connectivity index (χ1) is 49.8. The third-order valence-electron chi connectivity index (χ3n) is 15.0. The maximum atomic E-state index is 12.5. The van der Waals surface area contributed by atoms with E-state index in [0.29, 0.717) is 55.0 Å². The molecule has 0 bridgehead atoms. The number of nitriles is 3. The number of aromatic nitrogens is 18. The summed E-state index contributed by atoms with van der Waals surface area (Å²) in [5, 5.41) is 52.0. The average Bonchev–Trinajstić information content (AvgIpc) is 1.66. The second-order valence-corrected chi connectivity index (χ2v) is 23.4. The summed E-state index contributed by atoms with van der Waals surface area (Å²) in [6, 6.07) is 26.4. The number of nitrogens with one attached hydrogen (secondary N) is 2. The number of nitrogens with zero attached hydrogens (tertiary/aromatic N) is 22. The lowest BCUT2D eigenvalue weighted by molar-refractivity contribution is -0.154. The minimum atomic E-state index is -0.888. The largest absolute Gasteiger partial charge is 0.460 e. The van der Waals surface area contributed by atoms with Crippen LogP contribution in [0.2, 0.25) is 0 Å². The van der Waals surface area contributed by atoms with Crippen LogP contribution in [0.3, 0.4) is 0 Å². The number of carbonyl (C=O) groups is 4. The van der Waals surface area contributed by atoms with Crippen molar-refractivity contribution in [3.63, 3.8) is 0 Å². The minimum Gasteiger partial charge on any atom is -0.460 e. The Hall–Kier alpha value is -13.4. The molecule has 522 valence electrons. The number of carbonyl (C=O) groups excluding carboxylic acids is 4. The van der Waals surface area contributed by atoms with Gasteiger partial charge in [-0.3, -0.25) is 51.8 Å². The molecule has 1 aliphatic heterocycles. The van der Waals surface area contributed by atoms with Gasteiger partial charge in [0.2, 0.25) is 11.6 Å². The zero-order valence-electron chi connectivity index (χ0n) is 57.1. The van der Waals surface area contributed by atoms with Crippen molar-refractivity contribution in [3.05, 3.63) is 223 Å². The number of ether oxygens (including phenoxy) is 2. The molecule has 0 aromatic carbocycles. The summed E-state index contributed by atoms with van der Waals surface area (Å²) < 4.78 is 22.7. The maximum absolute atomic E-state index is 12.5. The van der Waals surface area contributed by atoms with Crippen LogP contribution in [-0.2, 0) is 67.4 Å². The van der Waals surface area contributed by atoms with E-state index in [2.05, 4.69) is 92.9 Å². The van der Waals surface area contributed by atoms with Crippen molar-refractivity contribution in [2.75, 3.05) is 26.3 Å². The molecular weight excluding hydrogens is 1380 g/mol. The van der Waals surface area contributed by atoms with Gasteiger partial charge in [-0.15, -0.1) is 0 Å². The van der Waals surface area contributed by atoms with Crippen molar-refractivity contribution in [2.45, 2.75) is 39.4 Å². The topological polar surface area (TPSA) is 387 Å². The number of hydrogen-bond acceptors (Lipinski definition) is 22. The lowest BCUT2D eigenvalue weighted by Gasteiger charge is -2.11. The van der Waals surface area contributed by atoms with Gasteiger partial charge in [0.15, 0.2) is 6.19 Å². The number of likely N-dealkylation sites (tertiary alicyclic amines) is 1. The van der Waals surface area contributed by atoms with Crippen LogP contribution in [0, 0.1) is 34.1 Å². The van der Waals surface area contributed by atoms with Crippen LogP contribution >= 0.6 is 15.9 Å². The molecule has 13 aromatic heterocycles. The number of nitrogens with two attached hydrogens (primary N) is 1. The molecular formula is C71H70BrN25O6. The van der Waals surface area contributed by atoms with Gasteiger partial charge in [0.05, 0.1) is 85.6 Å². The fourth-order valence-electron chi connectivity index (χ4n) is 10.0. The fraction of sp³-hybridized carbons (Fsp3) is 0.211. The van der Waals surface area contributed by atoms with Gasteiger partial charge in [-0.25, -0.2) is 29.5 Å². The second-order valence-electron chi connectivity index (χ2n) is 22.5. The molecule has 0 unspecified atom stereocenters. The molecule has 0 spiro atoms. The summed E-state index contributed by atoms with van der Waals surface area (Å²) in [7, 11) is 9.34. The Morgan fingerprint density at radius 1 is 0.534 bits per heavy atom. The van der Waals surface area contributed by atoms with Gasteiger partial charge in [0.1, 0.15) is 23.5 Å². The van der Waals surface area contributed by atoms with Crippen molar-refractivity contribution in [3.8, 4) is 74.0 Å². The standard InChI is InChI=1S/C17H17N7O.C14H16N4O3.C14H14N4O2.C10H12N4.C10H8N4.C6H3BrN2/c1-22-9-13(7-20-22)12-2-5-24-15(6-12)8-19-16(24)17(25)21-14-3-4-23(10-14)11-18;1-3-21-14(20)13(19)16-8-12-6-10(4-5-15-12)11-7-17-18(2)9-11;1-3-20-14(19)13-15-8-12-6-10(4-5-18(12)13)11-7-16-17(2)9-11;2*1-14-7-9(6-13-14)8-2-3-12-10(4-8)5-11;7-5-1-2-9-6(3-5)4-8/h2,5-9,14H,3-4,10H2,1H3,(H,21,25);4-7,9H,3,8H2,1-2H3,(H,16,19);4-9H,3H2,1-2H3;2-4,6-7H,5,11H2,1H3;2-4,6-7H,1H3;1-3H/t14-;;;;;/m1...../s1. The van der Waals surface area contributed by atoms with E-state index < -0.39 is 17.8 Å². The minimum absolute atomic E-state index is 0.0193. The van der Waals surface area contributed by atoms with Crippen molar-refractivity contribution in [2.24, 2.45) is 41.0 Å². The Morgan fingerprint density at radius 3 is 1.41 bits per heavy atom. The Bertz CT molecular complexity index is 5200. The summed E-state index contributed by atoms with van der Waals surface area (Å²) in [6.07, 6.45) is 35.1. The normalized spacial score (nSPS) is 11.8. The van der Waals surface area contributed by atoms with Crippen LogP contribution in [-0.4, -0.2) is 149 Å². The van der Waals surface area contributed by atoms with Crippen LogP contribution in [0.15, 0.2) is 189 Å². The Labute approximate surface area is 599 Å². The first-order valence-corrected chi connectivity index (χ1v) is 32.6. The summed E-state index contributed by atoms with van der Waals surface area (Å²) in [6.45, 7) is 5.77. The second kappa shape index (κ2) is 35.9. The molecule has 103 heavy (non-hydrogen) atoms. The number of esters is 2. The predicted molar refractivity (Wildman–Crippen MR) is 381 cm³/mol. The third-order valence-corrected chi connectivity index (χ3v) is 15.5. The maximum Gasteiger partial charge on any atom is 0.396 e. The summed E-state index contributed by atoms with van der Waals surface area (Å²) in [4.78, 5) is 72.9. The molecule has 4 N–H and O–H groups in total. The molecule has 0 aliphatic carbocycles. The lowest BCUT2D eigenvalue weighted by Crippen LogP contribution is -2.37. The number of hydrogen-bond donors (Lipinski definition) is 3. The van der Waals surface area contributed by atoms with E-state index in [1.165, 1.54) is 0 Å². The van der Waals surface area contributed by atoms with Crippen LogP contribution < -0.4 is 16.4 Å². The fourth-order valence-corrected chi connectivity index (χ4v) is 10.4. The molecule has 1 aliphatic rings. The van der Waals surface area contributed by atoms with E-state index >= 15 is 0 Å². The first kappa shape index (κ1) is 73.9. The molecule has 13 aromatic rings. The van der Waals surface area contributed by atoms with Crippen molar-refractivity contribution in [1.82, 2.24) is 103 Å². The number of pyridine rings is 6. The van der Waals surface area contributed by atoms with Gasteiger partial charge in [0.25, 0.3) is 5.91 Å². The monoisotopic (exact) mass is 1450 g/mol. The van der Waals surface area contributed by atoms with Crippen molar-refractivity contribution >= 4 is 50.7 Å². The van der Waals surface area contributed by atoms with Crippen LogP contribution in [0.1, 0.15) is 64.3 Å². The predicted octanol–water partition coefficient (Wildman–Crippen LogP) is 7.60. The van der Waals surface area contributed by atoms with Gasteiger partial charge < -0.3 is 30.7 Å². The van der Waals surface area contributed by atoms with Gasteiger partial charge >= 0.3 is 17.8 Å². The number of fused-ring (bicyclic) bond motifs is 2. The number of halogens is 1. The highest BCUT2D eigenvalue weighted by Gasteiger charge is 2.25. The van der Waals surface area contributed by atoms with Crippen LogP contribution in [0.25, 0.3) is 66.7 Å². The SMILES string of the molecule is CCOC(=O)C(=O)NCc1cc(-c2cnn(C)c2)ccn1.CCOC(=O)c1ncc2cc(-c3cnn(C)c3)ccn12.Cn1cc(-c2ccn3c(C(=O)N[C@@H]4CCN(C#N)C4)ncc3c2)cn1.Cn1cc(-c2ccnc(C#N)c2)cn1.Cn1cc(-c2ccnc(CN)c2)cn1.N#Cc1cc(Br)ccn1. The third kappa shape index (κ3) is 20.6. The number of rotatable bonds is 13. The summed E-state index contributed by atoms with van der Waals surface area (Å²) >= 11 is 3.21. The Morgan fingerprint density at radius 2 is 0.971 bits per heavy atom. The molecule has 2 amide bonds. The highest BCUT2D eigenvalue weighted by atomic mass is 79.9. The highest BCUT2D eigenvalue weighted by Crippen LogP contribution is 2.25. The van der Waals surface area contributed by atoms with Crippen LogP contribution in [0.4, 0.5) is 0 Å². The van der Waals surface area contributed by atoms with E-state index in [4.69, 9.17) is 26.3 Å². The van der Waals surface area contributed by atoms with Gasteiger partial charge in [-0.1, -0.05) is 15.9 Å². The van der Waals surface area contributed by atoms with E-state index in [1.807, 2.05) is 152 Å². The molecule has 1 saturated heterocycles. The zero-order chi connectivity index (χ0) is 73.4. The summed E-state index contributed by atoms with van der Waals surface area (Å²) in [5.41, 5.74) is 19.7. The molecule has 32 heteroatoms. The zero-order valence-corrected chi connectivity index (χ0v) is 58.7. The van der Waals surface area contributed by atoms with Gasteiger partial charge in [0, 0.05) is 161 Å². The number of aryl methyl sites for hydroxylation is 5. The molecule has 1 atom stereocenters. The highest BCUT2D eigenvalue weighted by molar-refractivity contribution is 9.10. The molecule has 14 rings (SSSR count). The summed E-state index contributed by atoms with van der Waals surface area (Å²) in [5.74, 6) is -1.66. The van der Waals surface area contributed by atoms with E-state index in [9.17, 15) is 19.2 Å². The molecule has 0 radical (unpaired) electrons. The number of imidazole rings is 2. The Kier molecular flexibility index (Phi) is 25.8. The van der Waals surface area contributed by atoms with Crippen molar-refractivity contribution in [1.29, 1.82) is 15.8 Å². The van der Waals surface area contributed by atoms with E-state index in [-0.39, 0.29) is 25.1 Å². The lowest BCUT2D eigenvalue weighted by atomic mass is 10.1. The quantitative estimate of drug-likeness (QED) is 0.0568. The molecule has 14 heterocycles. The number of amides is 2. The van der Waals surface area contributed by atoms with E-state index in [1.54, 1.807) is 131 Å². The smallest absolute Gasteiger partial charge is 0.396 e. The Balaban J connectivity index is 0.000000147. The molecule has 31 nitrogen and oxygen atoms in total. The average molecular weight is 1450 g/mol. The molecule has 1 fully saturated rings.